The summed E-state index contributed by atoms with van der Waals surface area (Å²) in [4.78, 5) is 37.7. The van der Waals surface area contributed by atoms with Gasteiger partial charge in [0.15, 0.2) is 0 Å². The van der Waals surface area contributed by atoms with Crippen LogP contribution >= 0.6 is 0 Å². The summed E-state index contributed by atoms with van der Waals surface area (Å²) >= 11 is 0. The second-order valence-corrected chi connectivity index (χ2v) is 8.27. The van der Waals surface area contributed by atoms with Crippen LogP contribution in [0.25, 0.3) is 0 Å². The van der Waals surface area contributed by atoms with Crippen molar-refractivity contribution in [1.29, 1.82) is 0 Å². The Kier molecular flexibility index (Phi) is 4.77. The van der Waals surface area contributed by atoms with Gasteiger partial charge in [0.1, 0.15) is 5.82 Å². The maximum Gasteiger partial charge on any atom is 0.251 e. The van der Waals surface area contributed by atoms with Crippen molar-refractivity contribution in [2.75, 3.05) is 29.9 Å². The van der Waals surface area contributed by atoms with E-state index in [4.69, 9.17) is 0 Å². The van der Waals surface area contributed by atoms with Gasteiger partial charge >= 0.3 is 0 Å². The summed E-state index contributed by atoms with van der Waals surface area (Å²) in [7, 11) is 0. The lowest BCUT2D eigenvalue weighted by atomic mass is 9.86. The van der Waals surface area contributed by atoms with E-state index in [1.807, 2.05) is 25.1 Å². The number of aromatic nitrogens is 2. The molecule has 2 bridgehead atoms. The molecule has 1 saturated carbocycles. The van der Waals surface area contributed by atoms with Crippen molar-refractivity contribution in [1.82, 2.24) is 20.2 Å². The van der Waals surface area contributed by atoms with Crippen LogP contribution in [0.5, 0.6) is 0 Å². The third kappa shape index (κ3) is 3.58. The van der Waals surface area contributed by atoms with E-state index in [2.05, 4.69) is 30.4 Å². The largest absolute Gasteiger partial charge is 0.352 e. The summed E-state index contributed by atoms with van der Waals surface area (Å²) in [5.74, 6) is 1.96. The highest BCUT2D eigenvalue weighted by Crippen LogP contribution is 2.40. The number of amides is 2. The number of fused-ring (bicyclic) bond motifs is 2. The molecule has 2 N–H and O–H groups in total. The van der Waals surface area contributed by atoms with Gasteiger partial charge in [0.05, 0.1) is 12.1 Å². The maximum absolute atomic E-state index is 12.5. The lowest BCUT2D eigenvalue weighted by Crippen LogP contribution is -2.70. The second-order valence-electron chi connectivity index (χ2n) is 8.27. The number of anilines is 3. The van der Waals surface area contributed by atoms with Gasteiger partial charge in [-0.2, -0.15) is 4.98 Å². The zero-order chi connectivity index (χ0) is 20.7. The fourth-order valence-electron chi connectivity index (χ4n) is 4.38. The van der Waals surface area contributed by atoms with Gasteiger partial charge in [0, 0.05) is 43.0 Å². The summed E-state index contributed by atoms with van der Waals surface area (Å²) < 4.78 is 0. The van der Waals surface area contributed by atoms with Gasteiger partial charge in [-0.3, -0.25) is 9.59 Å². The van der Waals surface area contributed by atoms with Crippen LogP contribution < -0.4 is 15.5 Å². The molecule has 1 aromatic carbocycles. The number of hydrogen-bond acceptors (Lipinski definition) is 6. The van der Waals surface area contributed by atoms with Gasteiger partial charge in [-0.1, -0.05) is 0 Å². The molecule has 2 atom stereocenters. The van der Waals surface area contributed by atoms with Gasteiger partial charge in [0.2, 0.25) is 11.9 Å². The Morgan fingerprint density at radius 2 is 1.83 bits per heavy atom. The van der Waals surface area contributed by atoms with Crippen molar-refractivity contribution in [2.24, 2.45) is 5.92 Å². The maximum atomic E-state index is 12.5. The fourth-order valence-corrected chi connectivity index (χ4v) is 4.38. The first-order valence-electron chi connectivity index (χ1n) is 10.7. The molecule has 4 aliphatic rings. The molecule has 156 valence electrons. The van der Waals surface area contributed by atoms with Gasteiger partial charge < -0.3 is 20.4 Å². The first-order valence-corrected chi connectivity index (χ1v) is 10.7. The van der Waals surface area contributed by atoms with E-state index in [9.17, 15) is 9.59 Å². The molecule has 2 amide bonds. The molecule has 6 rings (SSSR count). The summed E-state index contributed by atoms with van der Waals surface area (Å²) in [5.41, 5.74) is 1.44. The summed E-state index contributed by atoms with van der Waals surface area (Å²) in [6, 6.07) is 9.79. The second kappa shape index (κ2) is 7.59. The highest BCUT2D eigenvalue weighted by Gasteiger charge is 2.50. The van der Waals surface area contributed by atoms with E-state index in [0.717, 1.165) is 43.9 Å². The van der Waals surface area contributed by atoms with Crippen molar-refractivity contribution >= 4 is 29.3 Å². The molecular weight excluding hydrogens is 380 g/mol. The average molecular weight is 406 g/mol. The third-order valence-electron chi connectivity index (χ3n) is 6.08. The van der Waals surface area contributed by atoms with Crippen LogP contribution in [-0.2, 0) is 4.79 Å². The van der Waals surface area contributed by atoms with Gasteiger partial charge in [-0.15, -0.1) is 0 Å². The van der Waals surface area contributed by atoms with Crippen molar-refractivity contribution in [3.05, 3.63) is 42.1 Å². The number of rotatable bonds is 6. The minimum absolute atomic E-state index is 0.0832. The highest BCUT2D eigenvalue weighted by molar-refractivity contribution is 5.94. The van der Waals surface area contributed by atoms with E-state index in [-0.39, 0.29) is 11.8 Å². The van der Waals surface area contributed by atoms with E-state index in [1.165, 1.54) is 0 Å². The smallest absolute Gasteiger partial charge is 0.251 e. The minimum atomic E-state index is -0.0832. The standard InChI is InChI=1S/C22H26N6O2/c1-2-23-20(29)14-5-7-16(8-6-14)25-22-24-10-9-19(26-22)27-12-17-11-18(13-27)28(17)21(30)15-3-4-15/h5-10,15,17-18H,2-4,11-13H2,1H3,(H,23,29)(H,24,25,26). The van der Waals surface area contributed by atoms with E-state index in [0.29, 0.717) is 36.0 Å². The molecular formula is C22H26N6O2. The molecule has 3 saturated heterocycles. The number of nitrogens with zero attached hydrogens (tertiary/aromatic N) is 4. The number of piperazine rings is 1. The Labute approximate surface area is 175 Å². The third-order valence-corrected chi connectivity index (χ3v) is 6.08. The van der Waals surface area contributed by atoms with Crippen molar-refractivity contribution in [3.8, 4) is 0 Å². The van der Waals surface area contributed by atoms with E-state index < -0.39 is 0 Å². The quantitative estimate of drug-likeness (QED) is 0.764. The zero-order valence-electron chi connectivity index (χ0n) is 17.0. The highest BCUT2D eigenvalue weighted by atomic mass is 16.2. The molecule has 1 aromatic heterocycles. The predicted octanol–water partition coefficient (Wildman–Crippen LogP) is 2.17. The van der Waals surface area contributed by atoms with Gasteiger partial charge in [-0.25, -0.2) is 4.98 Å². The molecule has 1 aliphatic carbocycles. The number of piperidine rings is 1. The van der Waals surface area contributed by atoms with Crippen LogP contribution in [-0.4, -0.2) is 58.4 Å². The Balaban J connectivity index is 1.23. The molecule has 0 spiro atoms. The summed E-state index contributed by atoms with van der Waals surface area (Å²) in [6.07, 6.45) is 4.97. The number of carbonyl (C=O) groups is 2. The van der Waals surface area contributed by atoms with Crippen molar-refractivity contribution in [2.45, 2.75) is 38.3 Å². The monoisotopic (exact) mass is 406 g/mol. The lowest BCUT2D eigenvalue weighted by molar-refractivity contribution is -0.147. The molecule has 4 fully saturated rings. The molecule has 0 radical (unpaired) electrons. The van der Waals surface area contributed by atoms with Crippen molar-refractivity contribution < 1.29 is 9.59 Å². The van der Waals surface area contributed by atoms with Gasteiger partial charge in [-0.05, 0) is 56.5 Å². The normalized spacial score (nSPS) is 22.3. The molecule has 4 heterocycles. The Morgan fingerprint density at radius 1 is 1.10 bits per heavy atom. The zero-order valence-corrected chi connectivity index (χ0v) is 17.0. The van der Waals surface area contributed by atoms with Crippen LogP contribution in [0.15, 0.2) is 36.5 Å². The Morgan fingerprint density at radius 3 is 2.50 bits per heavy atom. The number of hydrogen-bond donors (Lipinski definition) is 2. The SMILES string of the molecule is CCNC(=O)c1ccc(Nc2nccc(N3CC4CC(C3)N4C(=O)C3CC3)n2)cc1. The number of carbonyl (C=O) groups excluding carboxylic acids is 2. The topological polar surface area (TPSA) is 90.5 Å². The number of benzene rings is 1. The number of nitrogens with one attached hydrogen (secondary N) is 2. The lowest BCUT2D eigenvalue weighted by Gasteiger charge is -2.56. The molecule has 8 nitrogen and oxygen atoms in total. The van der Waals surface area contributed by atoms with Crippen molar-refractivity contribution in [3.63, 3.8) is 0 Å². The molecule has 3 aliphatic heterocycles. The van der Waals surface area contributed by atoms with Gasteiger partial charge in [0.25, 0.3) is 5.91 Å². The molecule has 8 heteroatoms. The molecule has 2 unspecified atom stereocenters. The summed E-state index contributed by atoms with van der Waals surface area (Å²) in [6.45, 7) is 4.15. The van der Waals surface area contributed by atoms with Crippen LogP contribution in [0.1, 0.15) is 36.5 Å². The van der Waals surface area contributed by atoms with Crippen LogP contribution in [0.4, 0.5) is 17.5 Å². The predicted molar refractivity (Wildman–Crippen MR) is 114 cm³/mol. The molecule has 2 aromatic rings. The summed E-state index contributed by atoms with van der Waals surface area (Å²) in [5, 5.41) is 6.00. The first kappa shape index (κ1) is 18.8. The first-order chi connectivity index (χ1) is 14.6. The van der Waals surface area contributed by atoms with Crippen LogP contribution in [0, 0.1) is 5.92 Å². The van der Waals surface area contributed by atoms with Crippen LogP contribution in [0.3, 0.4) is 0 Å². The molecule has 30 heavy (non-hydrogen) atoms. The minimum Gasteiger partial charge on any atom is -0.352 e. The van der Waals surface area contributed by atoms with Crippen LogP contribution in [0.2, 0.25) is 0 Å². The fraction of sp³-hybridized carbons (Fsp3) is 0.455. The Bertz CT molecular complexity index is 946. The Hall–Kier alpha value is -3.16. The van der Waals surface area contributed by atoms with E-state index >= 15 is 0 Å². The average Bonchev–Trinajstić information content (AvgIpc) is 3.60. The van der Waals surface area contributed by atoms with E-state index in [1.54, 1.807) is 18.3 Å².